The van der Waals surface area contributed by atoms with E-state index in [1.54, 1.807) is 6.92 Å². The number of allylic oxidation sites excluding steroid dienone is 1. The van der Waals surface area contributed by atoms with Crippen LogP contribution in [0.5, 0.6) is 0 Å². The summed E-state index contributed by atoms with van der Waals surface area (Å²) in [5.74, 6) is -0.621. The lowest BCUT2D eigenvalue weighted by Crippen LogP contribution is -2.20. The zero-order valence-corrected chi connectivity index (χ0v) is 12.7. The van der Waals surface area contributed by atoms with Gasteiger partial charge in [0.15, 0.2) is 0 Å². The van der Waals surface area contributed by atoms with Crippen molar-refractivity contribution in [1.82, 2.24) is 0 Å². The number of aliphatic hydroxyl groups excluding tert-OH is 1. The highest BCUT2D eigenvalue weighted by Crippen LogP contribution is 2.37. The van der Waals surface area contributed by atoms with E-state index in [4.69, 9.17) is 10.1 Å². The molecule has 0 amide bonds. The molecule has 0 saturated heterocycles. The fourth-order valence-electron chi connectivity index (χ4n) is 2.43. The number of carbonyl (C=O) groups excluding carboxylic acids is 1. The molecule has 4 nitrogen and oxygen atoms in total. The first kappa shape index (κ1) is 15.3. The van der Waals surface area contributed by atoms with Crippen LogP contribution in [0.1, 0.15) is 36.5 Å². The number of carbonyl (C=O) groups is 1. The number of hydrogen-bond acceptors (Lipinski definition) is 4. The minimum absolute atomic E-state index is 0.00102. The van der Waals surface area contributed by atoms with Crippen LogP contribution in [-0.2, 0) is 9.53 Å². The van der Waals surface area contributed by atoms with Gasteiger partial charge in [0, 0.05) is 11.5 Å². The highest BCUT2D eigenvalue weighted by Gasteiger charge is 2.34. The molecule has 0 aliphatic heterocycles. The fraction of sp³-hybridized carbons (Fsp3) is 0.412. The Kier molecular flexibility index (Phi) is 4.46. The Bertz CT molecular complexity index is 592. The molecule has 112 valence electrons. The Morgan fingerprint density at radius 3 is 2.38 bits per heavy atom. The van der Waals surface area contributed by atoms with Gasteiger partial charge in [-0.05, 0) is 44.7 Å². The van der Waals surface area contributed by atoms with Crippen LogP contribution in [-0.4, -0.2) is 23.4 Å². The summed E-state index contributed by atoms with van der Waals surface area (Å²) in [6, 6.07) is 5.71. The Morgan fingerprint density at radius 2 is 1.90 bits per heavy atom. The summed E-state index contributed by atoms with van der Waals surface area (Å²) in [7, 11) is 0. The number of hydrogen-bond donors (Lipinski definition) is 2. The highest BCUT2D eigenvalue weighted by atomic mass is 16.5. The predicted octanol–water partition coefficient (Wildman–Crippen LogP) is 3.46. The van der Waals surface area contributed by atoms with E-state index in [0.717, 1.165) is 24.0 Å². The molecule has 0 bridgehead atoms. The van der Waals surface area contributed by atoms with E-state index in [2.05, 4.69) is 0 Å². The molecule has 1 aromatic carbocycles. The number of esters is 1. The largest absolute Gasteiger partial charge is 0.511 e. The summed E-state index contributed by atoms with van der Waals surface area (Å²) < 4.78 is 5.03. The van der Waals surface area contributed by atoms with Gasteiger partial charge in [-0.1, -0.05) is 18.2 Å². The highest BCUT2D eigenvalue weighted by molar-refractivity contribution is 6.26. The molecule has 4 heteroatoms. The van der Waals surface area contributed by atoms with E-state index in [1.807, 2.05) is 32.0 Å². The molecule has 0 aromatic heterocycles. The number of aryl methyl sites for hydroxylation is 2. The van der Waals surface area contributed by atoms with Crippen LogP contribution in [0.4, 0.5) is 0 Å². The van der Waals surface area contributed by atoms with E-state index in [0.29, 0.717) is 5.56 Å². The van der Waals surface area contributed by atoms with E-state index in [1.165, 1.54) is 0 Å². The van der Waals surface area contributed by atoms with Crippen LogP contribution in [0, 0.1) is 25.2 Å². The van der Waals surface area contributed by atoms with Crippen LogP contribution in [0.25, 0.3) is 0 Å². The van der Waals surface area contributed by atoms with Gasteiger partial charge in [0.05, 0.1) is 12.3 Å². The molecule has 0 spiro atoms. The van der Waals surface area contributed by atoms with Crippen molar-refractivity contribution in [1.29, 1.82) is 5.41 Å². The molecule has 2 rings (SSSR count). The molecular weight excluding hydrogens is 266 g/mol. The molecule has 1 fully saturated rings. The lowest BCUT2D eigenvalue weighted by molar-refractivity contribution is -0.138. The molecule has 0 atom stereocenters. The van der Waals surface area contributed by atoms with Crippen molar-refractivity contribution >= 4 is 11.7 Å². The zero-order chi connectivity index (χ0) is 15.6. The van der Waals surface area contributed by atoms with Crippen molar-refractivity contribution in [2.24, 2.45) is 5.92 Å². The average molecular weight is 287 g/mol. The smallest absolute Gasteiger partial charge is 0.343 e. The van der Waals surface area contributed by atoms with Crippen molar-refractivity contribution in [3.63, 3.8) is 0 Å². The Labute approximate surface area is 125 Å². The van der Waals surface area contributed by atoms with Gasteiger partial charge >= 0.3 is 5.97 Å². The van der Waals surface area contributed by atoms with Gasteiger partial charge in [-0.3, -0.25) is 5.41 Å². The van der Waals surface area contributed by atoms with Gasteiger partial charge in [-0.15, -0.1) is 0 Å². The monoisotopic (exact) mass is 287 g/mol. The number of benzene rings is 1. The predicted molar refractivity (Wildman–Crippen MR) is 81.8 cm³/mol. The molecule has 0 radical (unpaired) electrons. The van der Waals surface area contributed by atoms with E-state index in [-0.39, 0.29) is 29.6 Å². The van der Waals surface area contributed by atoms with E-state index >= 15 is 0 Å². The Hall–Kier alpha value is -2.10. The summed E-state index contributed by atoms with van der Waals surface area (Å²) in [4.78, 5) is 12.2. The maximum atomic E-state index is 12.2. The SMILES string of the molecule is CCOC(=O)/C(C(=N)c1c(C)cccc1C)=C(/O)C1CC1. The molecule has 2 N–H and O–H groups in total. The summed E-state index contributed by atoms with van der Waals surface area (Å²) in [6.07, 6.45) is 1.71. The van der Waals surface area contributed by atoms with Crippen molar-refractivity contribution in [2.45, 2.75) is 33.6 Å². The number of nitrogens with one attached hydrogen (secondary N) is 1. The number of aliphatic hydroxyl groups is 1. The first-order valence-electron chi connectivity index (χ1n) is 7.23. The lowest BCUT2D eigenvalue weighted by Gasteiger charge is -2.15. The summed E-state index contributed by atoms with van der Waals surface area (Å²) in [5.41, 5.74) is 2.56. The van der Waals surface area contributed by atoms with Crippen LogP contribution < -0.4 is 0 Å². The molecular formula is C17H21NO3. The maximum absolute atomic E-state index is 12.2. The second kappa shape index (κ2) is 6.12. The van der Waals surface area contributed by atoms with Gasteiger partial charge in [-0.25, -0.2) is 4.79 Å². The summed E-state index contributed by atoms with van der Waals surface area (Å²) in [5, 5.41) is 18.7. The molecule has 1 aliphatic rings. The van der Waals surface area contributed by atoms with Crippen molar-refractivity contribution < 1.29 is 14.6 Å². The van der Waals surface area contributed by atoms with Gasteiger partial charge in [0.25, 0.3) is 0 Å². The third-order valence-electron chi connectivity index (χ3n) is 3.68. The molecule has 1 aromatic rings. The second-order valence-corrected chi connectivity index (χ2v) is 5.40. The summed E-state index contributed by atoms with van der Waals surface area (Å²) in [6.45, 7) is 5.73. The van der Waals surface area contributed by atoms with Gasteiger partial charge in [-0.2, -0.15) is 0 Å². The van der Waals surface area contributed by atoms with Crippen LogP contribution in [0.3, 0.4) is 0 Å². The zero-order valence-electron chi connectivity index (χ0n) is 12.7. The molecule has 0 heterocycles. The van der Waals surface area contributed by atoms with Crippen molar-refractivity contribution in [3.05, 3.63) is 46.2 Å². The molecule has 1 saturated carbocycles. The standard InChI is InChI=1S/C17H21NO3/c1-4-21-17(20)14(16(19)12-8-9-12)15(18)13-10(2)6-5-7-11(13)3/h5-7,12,18-19H,4,8-9H2,1-3H3/b16-14+,18-15?. The number of rotatable bonds is 5. The molecule has 0 unspecified atom stereocenters. The van der Waals surface area contributed by atoms with Gasteiger partial charge in [0.1, 0.15) is 11.3 Å². The quantitative estimate of drug-likeness (QED) is 0.377. The first-order chi connectivity index (χ1) is 9.97. The number of ether oxygens (including phenoxy) is 1. The third kappa shape index (κ3) is 3.15. The van der Waals surface area contributed by atoms with Gasteiger partial charge in [0.2, 0.25) is 0 Å². The van der Waals surface area contributed by atoms with Crippen LogP contribution in [0.2, 0.25) is 0 Å². The van der Waals surface area contributed by atoms with Crippen molar-refractivity contribution in [3.8, 4) is 0 Å². The lowest BCUT2D eigenvalue weighted by atomic mass is 9.93. The average Bonchev–Trinajstić information content (AvgIpc) is 3.23. The van der Waals surface area contributed by atoms with Crippen molar-refractivity contribution in [2.75, 3.05) is 6.61 Å². The van der Waals surface area contributed by atoms with Crippen LogP contribution in [0.15, 0.2) is 29.5 Å². The minimum atomic E-state index is -0.616. The first-order valence-corrected chi connectivity index (χ1v) is 7.23. The second-order valence-electron chi connectivity index (χ2n) is 5.40. The normalized spacial score (nSPS) is 15.4. The maximum Gasteiger partial charge on any atom is 0.343 e. The Balaban J connectivity index is 2.49. The Morgan fingerprint density at radius 1 is 1.33 bits per heavy atom. The molecule has 21 heavy (non-hydrogen) atoms. The minimum Gasteiger partial charge on any atom is -0.511 e. The van der Waals surface area contributed by atoms with E-state index < -0.39 is 5.97 Å². The topological polar surface area (TPSA) is 70.4 Å². The van der Waals surface area contributed by atoms with Crippen LogP contribution >= 0.6 is 0 Å². The van der Waals surface area contributed by atoms with E-state index in [9.17, 15) is 9.90 Å². The third-order valence-corrected chi connectivity index (χ3v) is 3.68. The summed E-state index contributed by atoms with van der Waals surface area (Å²) >= 11 is 0. The fourth-order valence-corrected chi connectivity index (χ4v) is 2.43. The molecule has 1 aliphatic carbocycles. The van der Waals surface area contributed by atoms with Gasteiger partial charge < -0.3 is 9.84 Å².